The first-order chi connectivity index (χ1) is 8.76. The molecule has 1 aromatic carbocycles. The highest BCUT2D eigenvalue weighted by Crippen LogP contribution is 2.26. The van der Waals surface area contributed by atoms with Gasteiger partial charge < -0.3 is 11.1 Å². The van der Waals surface area contributed by atoms with Gasteiger partial charge in [0.2, 0.25) is 0 Å². The predicted octanol–water partition coefficient (Wildman–Crippen LogP) is 2.69. The lowest BCUT2D eigenvalue weighted by Gasteiger charge is -2.20. The summed E-state index contributed by atoms with van der Waals surface area (Å²) < 4.78 is 0. The summed E-state index contributed by atoms with van der Waals surface area (Å²) in [4.78, 5) is 13.3. The summed E-state index contributed by atoms with van der Waals surface area (Å²) >= 11 is 1.60. The summed E-state index contributed by atoms with van der Waals surface area (Å²) in [6.07, 6.45) is 5.34. The van der Waals surface area contributed by atoms with Crippen LogP contribution in [0.4, 0.5) is 0 Å². The molecule has 106 valence electrons. The highest BCUT2D eigenvalue weighted by atomic mass is 35.5. The molecule has 1 aliphatic carbocycles. The van der Waals surface area contributed by atoms with E-state index in [0.717, 1.165) is 29.7 Å². The SMILES string of the molecule is CSc1ccccc1C(=O)NC1CCCC1CN.Cl. The Kier molecular flexibility index (Phi) is 6.69. The third-order valence-corrected chi connectivity index (χ3v) is 4.43. The predicted molar refractivity (Wildman–Crippen MR) is 83.1 cm³/mol. The number of nitrogens with one attached hydrogen (secondary N) is 1. The number of hydrogen-bond acceptors (Lipinski definition) is 3. The van der Waals surface area contributed by atoms with Crippen molar-refractivity contribution in [3.05, 3.63) is 29.8 Å². The van der Waals surface area contributed by atoms with Gasteiger partial charge in [-0.05, 0) is 43.7 Å². The fraction of sp³-hybridized carbons (Fsp3) is 0.500. The van der Waals surface area contributed by atoms with Gasteiger partial charge in [0.15, 0.2) is 0 Å². The van der Waals surface area contributed by atoms with Gasteiger partial charge in [-0.1, -0.05) is 18.6 Å². The molecule has 5 heteroatoms. The number of halogens is 1. The zero-order valence-corrected chi connectivity index (χ0v) is 12.7. The Bertz CT molecular complexity index is 428. The van der Waals surface area contributed by atoms with Crippen LogP contribution in [0.2, 0.25) is 0 Å². The Hall–Kier alpha value is -0.710. The molecule has 19 heavy (non-hydrogen) atoms. The summed E-state index contributed by atoms with van der Waals surface area (Å²) in [6, 6.07) is 7.98. The summed E-state index contributed by atoms with van der Waals surface area (Å²) in [6.45, 7) is 0.662. The fourth-order valence-corrected chi connectivity index (χ4v) is 3.18. The van der Waals surface area contributed by atoms with Crippen LogP contribution in [0, 0.1) is 5.92 Å². The van der Waals surface area contributed by atoms with Gasteiger partial charge in [0.25, 0.3) is 5.91 Å². The molecule has 2 atom stereocenters. The lowest BCUT2D eigenvalue weighted by molar-refractivity contribution is 0.0926. The van der Waals surface area contributed by atoms with Crippen LogP contribution in [0.1, 0.15) is 29.6 Å². The summed E-state index contributed by atoms with van der Waals surface area (Å²) in [7, 11) is 0. The van der Waals surface area contributed by atoms with Gasteiger partial charge in [-0.3, -0.25) is 4.79 Å². The Balaban J connectivity index is 0.00000180. The van der Waals surface area contributed by atoms with E-state index in [0.29, 0.717) is 12.5 Å². The van der Waals surface area contributed by atoms with Gasteiger partial charge in [-0.2, -0.15) is 0 Å². The Morgan fingerprint density at radius 3 is 2.84 bits per heavy atom. The normalized spacial score (nSPS) is 21.8. The minimum Gasteiger partial charge on any atom is -0.349 e. The van der Waals surface area contributed by atoms with Crippen molar-refractivity contribution in [3.8, 4) is 0 Å². The number of carbonyl (C=O) groups excluding carboxylic acids is 1. The highest BCUT2D eigenvalue weighted by Gasteiger charge is 2.27. The molecule has 0 spiro atoms. The minimum absolute atomic E-state index is 0. The van der Waals surface area contributed by atoms with Crippen LogP contribution in [0.25, 0.3) is 0 Å². The first-order valence-corrected chi connectivity index (χ1v) is 7.62. The zero-order valence-electron chi connectivity index (χ0n) is 11.1. The average Bonchev–Trinajstić information content (AvgIpc) is 2.85. The molecule has 3 N–H and O–H groups in total. The second-order valence-electron chi connectivity index (χ2n) is 4.71. The third kappa shape index (κ3) is 3.88. The monoisotopic (exact) mass is 300 g/mol. The molecule has 1 fully saturated rings. The Morgan fingerprint density at radius 1 is 1.42 bits per heavy atom. The molecule has 0 bridgehead atoms. The zero-order chi connectivity index (χ0) is 13.0. The average molecular weight is 301 g/mol. The van der Waals surface area contributed by atoms with Crippen molar-refractivity contribution < 1.29 is 4.79 Å². The smallest absolute Gasteiger partial charge is 0.252 e. The number of carbonyl (C=O) groups is 1. The van der Waals surface area contributed by atoms with Crippen molar-refractivity contribution in [2.75, 3.05) is 12.8 Å². The van der Waals surface area contributed by atoms with Gasteiger partial charge in [0.05, 0.1) is 5.56 Å². The molecule has 0 aromatic heterocycles. The summed E-state index contributed by atoms with van der Waals surface area (Å²) in [5, 5.41) is 3.14. The van der Waals surface area contributed by atoms with Crippen molar-refractivity contribution in [2.24, 2.45) is 11.7 Å². The minimum atomic E-state index is 0. The molecule has 1 aliphatic rings. The largest absolute Gasteiger partial charge is 0.349 e. The molecule has 1 aromatic rings. The van der Waals surface area contributed by atoms with E-state index in [1.54, 1.807) is 11.8 Å². The molecular formula is C14H21ClN2OS. The van der Waals surface area contributed by atoms with Crippen LogP contribution in [0.15, 0.2) is 29.2 Å². The van der Waals surface area contributed by atoms with Crippen LogP contribution < -0.4 is 11.1 Å². The fourth-order valence-electron chi connectivity index (χ4n) is 2.59. The van der Waals surface area contributed by atoms with Crippen LogP contribution in [-0.4, -0.2) is 24.7 Å². The van der Waals surface area contributed by atoms with Crippen molar-refractivity contribution in [2.45, 2.75) is 30.2 Å². The maximum absolute atomic E-state index is 12.3. The number of amides is 1. The van der Waals surface area contributed by atoms with E-state index >= 15 is 0 Å². The molecule has 0 saturated heterocycles. The van der Waals surface area contributed by atoms with E-state index < -0.39 is 0 Å². The molecular weight excluding hydrogens is 280 g/mol. The summed E-state index contributed by atoms with van der Waals surface area (Å²) in [5.74, 6) is 0.473. The van der Waals surface area contributed by atoms with E-state index in [4.69, 9.17) is 5.73 Å². The maximum Gasteiger partial charge on any atom is 0.252 e. The van der Waals surface area contributed by atoms with Gasteiger partial charge in [-0.15, -0.1) is 24.2 Å². The van der Waals surface area contributed by atoms with Gasteiger partial charge in [0, 0.05) is 10.9 Å². The van der Waals surface area contributed by atoms with Crippen LogP contribution >= 0.6 is 24.2 Å². The molecule has 1 amide bonds. The van der Waals surface area contributed by atoms with Crippen molar-refractivity contribution >= 4 is 30.1 Å². The standard InChI is InChI=1S/C14H20N2OS.ClH/c1-18-13-8-3-2-6-11(13)14(17)16-12-7-4-5-10(12)9-15;/h2-3,6,8,10,12H,4-5,7,9,15H2,1H3,(H,16,17);1H. The highest BCUT2D eigenvalue weighted by molar-refractivity contribution is 7.98. The number of hydrogen-bond donors (Lipinski definition) is 2. The first-order valence-electron chi connectivity index (χ1n) is 6.40. The van der Waals surface area contributed by atoms with Gasteiger partial charge in [0.1, 0.15) is 0 Å². The number of rotatable bonds is 4. The van der Waals surface area contributed by atoms with Gasteiger partial charge >= 0.3 is 0 Å². The lowest BCUT2D eigenvalue weighted by Crippen LogP contribution is -2.40. The van der Waals surface area contributed by atoms with Crippen molar-refractivity contribution in [1.82, 2.24) is 5.32 Å². The quantitative estimate of drug-likeness (QED) is 0.841. The lowest BCUT2D eigenvalue weighted by atomic mass is 10.0. The second kappa shape index (κ2) is 7.78. The molecule has 3 nitrogen and oxygen atoms in total. The first kappa shape index (κ1) is 16.3. The molecule has 0 radical (unpaired) electrons. The van der Waals surface area contributed by atoms with Crippen LogP contribution in [0.3, 0.4) is 0 Å². The molecule has 2 rings (SSSR count). The molecule has 2 unspecified atom stereocenters. The summed E-state index contributed by atoms with van der Waals surface area (Å²) in [5.41, 5.74) is 6.51. The molecule has 1 saturated carbocycles. The number of thioether (sulfide) groups is 1. The Labute approximate surface area is 125 Å². The van der Waals surface area contributed by atoms with E-state index in [9.17, 15) is 4.79 Å². The molecule has 0 aliphatic heterocycles. The van der Waals surface area contributed by atoms with Gasteiger partial charge in [-0.25, -0.2) is 0 Å². The van der Waals surface area contributed by atoms with Crippen molar-refractivity contribution in [3.63, 3.8) is 0 Å². The van der Waals surface area contributed by atoms with Crippen LogP contribution in [0.5, 0.6) is 0 Å². The van der Waals surface area contributed by atoms with Crippen molar-refractivity contribution in [1.29, 1.82) is 0 Å². The third-order valence-electron chi connectivity index (χ3n) is 3.63. The van der Waals surface area contributed by atoms with E-state index in [-0.39, 0.29) is 24.4 Å². The molecule has 0 heterocycles. The number of benzene rings is 1. The topological polar surface area (TPSA) is 55.1 Å². The van der Waals surface area contributed by atoms with E-state index in [1.807, 2.05) is 30.5 Å². The van der Waals surface area contributed by atoms with Crippen LogP contribution in [-0.2, 0) is 0 Å². The maximum atomic E-state index is 12.3. The van der Waals surface area contributed by atoms with E-state index in [1.165, 1.54) is 0 Å². The Morgan fingerprint density at radius 2 is 2.16 bits per heavy atom. The second-order valence-corrected chi connectivity index (χ2v) is 5.55. The number of nitrogens with two attached hydrogens (primary N) is 1. The van der Waals surface area contributed by atoms with E-state index in [2.05, 4.69) is 5.32 Å².